The molecule has 32 heavy (non-hydrogen) atoms. The zero-order valence-electron chi connectivity index (χ0n) is 17.6. The van der Waals surface area contributed by atoms with E-state index in [2.05, 4.69) is 17.3 Å². The Bertz CT molecular complexity index is 1170. The van der Waals surface area contributed by atoms with Crippen LogP contribution in [0.4, 0.5) is 0 Å². The number of esters is 1. The quantitative estimate of drug-likeness (QED) is 0.313. The van der Waals surface area contributed by atoms with Crippen molar-refractivity contribution in [3.63, 3.8) is 0 Å². The van der Waals surface area contributed by atoms with Crippen LogP contribution in [0.5, 0.6) is 0 Å². The van der Waals surface area contributed by atoms with Gasteiger partial charge in [0, 0.05) is 5.56 Å². The maximum Gasteiger partial charge on any atom is 0.338 e. The number of carbonyl (C=O) groups is 3. The molecule has 0 N–H and O–H groups in total. The van der Waals surface area contributed by atoms with Crippen molar-refractivity contribution in [3.8, 4) is 11.3 Å². The van der Waals surface area contributed by atoms with Gasteiger partial charge in [0.15, 0.2) is 0 Å². The number of imide groups is 1. The highest BCUT2D eigenvalue weighted by Gasteiger charge is 2.73. The van der Waals surface area contributed by atoms with Crippen molar-refractivity contribution in [2.75, 3.05) is 6.61 Å². The molecule has 2 aromatic rings. The van der Waals surface area contributed by atoms with Gasteiger partial charge in [-0.1, -0.05) is 24.3 Å². The van der Waals surface area contributed by atoms with Crippen LogP contribution in [0, 0.1) is 29.1 Å². The first-order chi connectivity index (χ1) is 15.5. The third-order valence-corrected chi connectivity index (χ3v) is 7.41. The van der Waals surface area contributed by atoms with Crippen LogP contribution >= 0.6 is 0 Å². The summed E-state index contributed by atoms with van der Waals surface area (Å²) in [6.07, 6.45) is 7.90. The molecule has 1 saturated heterocycles. The van der Waals surface area contributed by atoms with Gasteiger partial charge in [-0.3, -0.25) is 9.59 Å². The molecule has 4 aliphatic rings. The monoisotopic (exact) mass is 430 g/mol. The molecule has 1 aromatic carbocycles. The number of fused-ring (bicyclic) bond motifs is 3. The average molecular weight is 430 g/mol. The van der Waals surface area contributed by atoms with Crippen molar-refractivity contribution < 1.29 is 23.5 Å². The third-order valence-electron chi connectivity index (χ3n) is 7.41. The number of allylic oxidation sites excluding steroid dienone is 2. The Labute approximate surface area is 184 Å². The SMILES string of the molecule is CCOC(=O)c1cccc(-c2ccc(/C=N\N3C(=O)[C@H]4[C@H](C3=O)[C@H]3C=C[C@H]4C34CC4)o2)c1. The van der Waals surface area contributed by atoms with E-state index in [1.165, 1.54) is 6.21 Å². The Morgan fingerprint density at radius 2 is 1.88 bits per heavy atom. The van der Waals surface area contributed by atoms with E-state index in [9.17, 15) is 14.4 Å². The van der Waals surface area contributed by atoms with Crippen LogP contribution in [-0.2, 0) is 14.3 Å². The summed E-state index contributed by atoms with van der Waals surface area (Å²) in [5.41, 5.74) is 1.33. The first-order valence-electron chi connectivity index (χ1n) is 11.0. The highest BCUT2D eigenvalue weighted by molar-refractivity contribution is 6.07. The third kappa shape index (κ3) is 2.60. The number of hydrogen-bond donors (Lipinski definition) is 0. The van der Waals surface area contributed by atoms with Gasteiger partial charge in [0.05, 0.1) is 30.2 Å². The number of benzene rings is 1. The number of ether oxygens (including phenoxy) is 1. The Hall–Kier alpha value is -3.48. The van der Waals surface area contributed by atoms with Crippen LogP contribution in [-0.4, -0.2) is 35.6 Å². The molecule has 162 valence electrons. The molecule has 1 spiro atoms. The van der Waals surface area contributed by atoms with Gasteiger partial charge in [-0.25, -0.2) is 4.79 Å². The number of carbonyl (C=O) groups excluding carboxylic acids is 3. The first-order valence-corrected chi connectivity index (χ1v) is 11.0. The minimum Gasteiger partial charge on any atom is -0.462 e. The molecule has 7 heteroatoms. The molecule has 1 aromatic heterocycles. The Balaban J connectivity index is 1.20. The minimum atomic E-state index is -0.393. The Morgan fingerprint density at radius 3 is 2.53 bits per heavy atom. The summed E-state index contributed by atoms with van der Waals surface area (Å²) < 4.78 is 10.9. The second kappa shape index (κ2) is 6.76. The lowest BCUT2D eigenvalue weighted by Crippen LogP contribution is -2.30. The molecule has 2 heterocycles. The van der Waals surface area contributed by atoms with E-state index < -0.39 is 5.97 Å². The van der Waals surface area contributed by atoms with Gasteiger partial charge in [0.25, 0.3) is 11.8 Å². The topological polar surface area (TPSA) is 89.2 Å². The molecule has 3 fully saturated rings. The van der Waals surface area contributed by atoms with E-state index in [0.29, 0.717) is 23.7 Å². The Morgan fingerprint density at radius 1 is 1.16 bits per heavy atom. The molecule has 3 aliphatic carbocycles. The molecule has 0 unspecified atom stereocenters. The van der Waals surface area contributed by atoms with Gasteiger partial charge in [0.1, 0.15) is 11.5 Å². The summed E-state index contributed by atoms with van der Waals surface area (Å²) in [5, 5.41) is 5.22. The summed E-state index contributed by atoms with van der Waals surface area (Å²) in [5.74, 6) is -0.0142. The maximum atomic E-state index is 13.0. The molecule has 2 bridgehead atoms. The molecular weight excluding hydrogens is 408 g/mol. The van der Waals surface area contributed by atoms with Gasteiger partial charge >= 0.3 is 5.97 Å². The average Bonchev–Trinajstić information content (AvgIpc) is 3.08. The predicted molar refractivity (Wildman–Crippen MR) is 114 cm³/mol. The van der Waals surface area contributed by atoms with Crippen molar-refractivity contribution in [2.45, 2.75) is 19.8 Å². The van der Waals surface area contributed by atoms with Crippen molar-refractivity contribution in [2.24, 2.45) is 34.2 Å². The second-order valence-electron chi connectivity index (χ2n) is 8.96. The number of rotatable bonds is 5. The molecule has 7 nitrogen and oxygen atoms in total. The number of hydrazone groups is 1. The summed E-state index contributed by atoms with van der Waals surface area (Å²) >= 11 is 0. The fourth-order valence-electron chi connectivity index (χ4n) is 5.88. The fraction of sp³-hybridized carbons (Fsp3) is 0.360. The Kier molecular flexibility index (Phi) is 4.06. The zero-order valence-corrected chi connectivity index (χ0v) is 17.6. The largest absolute Gasteiger partial charge is 0.462 e. The highest BCUT2D eigenvalue weighted by atomic mass is 16.5. The van der Waals surface area contributed by atoms with Crippen LogP contribution in [0.15, 0.2) is 58.1 Å². The lowest BCUT2D eigenvalue weighted by molar-refractivity contribution is -0.141. The number of amides is 2. The van der Waals surface area contributed by atoms with Gasteiger partial charge in [-0.05, 0) is 61.3 Å². The van der Waals surface area contributed by atoms with Crippen molar-refractivity contribution >= 4 is 24.0 Å². The van der Waals surface area contributed by atoms with E-state index in [4.69, 9.17) is 9.15 Å². The zero-order chi connectivity index (χ0) is 22.0. The van der Waals surface area contributed by atoms with E-state index in [0.717, 1.165) is 23.4 Å². The van der Waals surface area contributed by atoms with Crippen LogP contribution in [0.25, 0.3) is 11.3 Å². The lowest BCUT2D eigenvalue weighted by atomic mass is 9.85. The summed E-state index contributed by atoms with van der Waals surface area (Å²) in [6, 6.07) is 10.4. The predicted octanol–water partition coefficient (Wildman–Crippen LogP) is 3.65. The molecular formula is C25H22N2O5. The first kappa shape index (κ1) is 19.2. The van der Waals surface area contributed by atoms with Crippen LogP contribution in [0.1, 0.15) is 35.9 Å². The highest BCUT2D eigenvalue weighted by Crippen LogP contribution is 2.73. The summed E-state index contributed by atoms with van der Waals surface area (Å²) in [4.78, 5) is 38.0. The van der Waals surface area contributed by atoms with E-state index >= 15 is 0 Å². The van der Waals surface area contributed by atoms with Crippen molar-refractivity contribution in [3.05, 3.63) is 59.9 Å². The molecule has 2 amide bonds. The molecule has 1 aliphatic heterocycles. The number of furan rings is 1. The lowest BCUT2D eigenvalue weighted by Gasteiger charge is -2.18. The second-order valence-corrected chi connectivity index (χ2v) is 8.96. The summed E-state index contributed by atoms with van der Waals surface area (Å²) in [6.45, 7) is 2.06. The van der Waals surface area contributed by atoms with Gasteiger partial charge in [-0.15, -0.1) is 0 Å². The molecule has 0 radical (unpaired) electrons. The molecule has 6 rings (SSSR count). The molecule has 2 saturated carbocycles. The van der Waals surface area contributed by atoms with Gasteiger partial charge < -0.3 is 9.15 Å². The van der Waals surface area contributed by atoms with Crippen LogP contribution in [0.3, 0.4) is 0 Å². The van der Waals surface area contributed by atoms with E-state index in [1.807, 2.05) is 6.07 Å². The van der Waals surface area contributed by atoms with E-state index in [-0.39, 0.29) is 40.9 Å². The maximum absolute atomic E-state index is 13.0. The van der Waals surface area contributed by atoms with Crippen molar-refractivity contribution in [1.29, 1.82) is 0 Å². The fourth-order valence-corrected chi connectivity index (χ4v) is 5.88. The van der Waals surface area contributed by atoms with Gasteiger partial charge in [-0.2, -0.15) is 10.1 Å². The smallest absolute Gasteiger partial charge is 0.338 e. The van der Waals surface area contributed by atoms with Crippen molar-refractivity contribution in [1.82, 2.24) is 5.01 Å². The van der Waals surface area contributed by atoms with Crippen LogP contribution < -0.4 is 0 Å². The van der Waals surface area contributed by atoms with Crippen LogP contribution in [0.2, 0.25) is 0 Å². The number of hydrogen-bond acceptors (Lipinski definition) is 6. The molecule has 4 atom stereocenters. The summed E-state index contributed by atoms with van der Waals surface area (Å²) in [7, 11) is 0. The van der Waals surface area contributed by atoms with E-state index in [1.54, 1.807) is 37.3 Å². The normalized spacial score (nSPS) is 28.8. The van der Waals surface area contributed by atoms with Gasteiger partial charge in [0.2, 0.25) is 0 Å². The standard InChI is InChI=1S/C25H22N2O5/c1-2-31-24(30)15-5-3-4-14(12-15)19-9-6-16(32-19)13-26-27-22(28)20-17-7-8-18(21(20)23(27)29)25(17)10-11-25/h3-9,12-13,17-18,20-21H,2,10-11H2,1H3/b26-13-/t17-,18-,20-,21-/m1/s1. The minimum absolute atomic E-state index is 0.171. The number of nitrogens with zero attached hydrogens (tertiary/aromatic N) is 2.